The van der Waals surface area contributed by atoms with Crippen LogP contribution in [0.25, 0.3) is 0 Å². The Balaban J connectivity index is 2.94. The highest BCUT2D eigenvalue weighted by Gasteiger charge is 2.02. The Labute approximate surface area is 60.5 Å². The van der Waals surface area contributed by atoms with E-state index in [1.54, 1.807) is 11.3 Å². The molecule has 1 heterocycles. The normalized spacial score (nSPS) is 10.7. The summed E-state index contributed by atoms with van der Waals surface area (Å²) in [5, 5.41) is 5.39. The lowest BCUT2D eigenvalue weighted by atomic mass is 10.0. The molecule has 0 nitrogen and oxygen atoms in total. The molecule has 0 aliphatic rings. The highest BCUT2D eigenvalue weighted by molar-refractivity contribution is 7.07. The molecule has 0 spiro atoms. The molecule has 1 radical (unpaired) electrons. The third-order valence-electron chi connectivity index (χ3n) is 1.41. The molecule has 0 N–H and O–H groups in total. The summed E-state index contributed by atoms with van der Waals surface area (Å²) in [6.07, 6.45) is 0. The van der Waals surface area contributed by atoms with Crippen molar-refractivity contribution in [1.29, 1.82) is 0 Å². The van der Waals surface area contributed by atoms with Gasteiger partial charge >= 0.3 is 0 Å². The van der Waals surface area contributed by atoms with Crippen molar-refractivity contribution in [3.63, 3.8) is 0 Å². The summed E-state index contributed by atoms with van der Waals surface area (Å²) in [6, 6.07) is 0. The average molecular weight is 139 g/mol. The molecule has 0 atom stereocenters. The fraction of sp³-hybridized carbons (Fsp3) is 0.500. The minimum absolute atomic E-state index is 0.635. The van der Waals surface area contributed by atoms with Crippen LogP contribution in [0.4, 0.5) is 0 Å². The van der Waals surface area contributed by atoms with Gasteiger partial charge in [-0.05, 0) is 29.3 Å². The third-order valence-corrected chi connectivity index (χ3v) is 2.22. The quantitative estimate of drug-likeness (QED) is 0.561. The van der Waals surface area contributed by atoms with Crippen molar-refractivity contribution in [2.75, 3.05) is 0 Å². The molecule has 0 unspecified atom stereocenters. The van der Waals surface area contributed by atoms with Gasteiger partial charge in [-0.3, -0.25) is 0 Å². The van der Waals surface area contributed by atoms with Gasteiger partial charge in [0, 0.05) is 5.38 Å². The van der Waals surface area contributed by atoms with Crippen molar-refractivity contribution in [3.8, 4) is 0 Å². The lowest BCUT2D eigenvalue weighted by Crippen LogP contribution is -1.85. The largest absolute Gasteiger partial charge is 0.142 e. The highest BCUT2D eigenvalue weighted by Crippen LogP contribution is 2.21. The van der Waals surface area contributed by atoms with E-state index in [-0.39, 0.29) is 0 Å². The molecular formula is C8H11S. The molecule has 0 fully saturated rings. The Bertz CT molecular complexity index is 186. The molecule has 1 heteroatoms. The van der Waals surface area contributed by atoms with Gasteiger partial charge in [0.05, 0.1) is 0 Å². The third kappa shape index (κ3) is 1.33. The first kappa shape index (κ1) is 6.81. The number of hydrogen-bond acceptors (Lipinski definition) is 1. The van der Waals surface area contributed by atoms with E-state index in [9.17, 15) is 0 Å². The van der Waals surface area contributed by atoms with Crippen molar-refractivity contribution in [1.82, 2.24) is 0 Å². The van der Waals surface area contributed by atoms with Gasteiger partial charge in [-0.15, -0.1) is 11.3 Å². The van der Waals surface area contributed by atoms with Crippen LogP contribution in [-0.4, -0.2) is 0 Å². The Morgan fingerprint density at radius 1 is 1.56 bits per heavy atom. The van der Waals surface area contributed by atoms with Crippen LogP contribution in [0.1, 0.15) is 30.9 Å². The second kappa shape index (κ2) is 2.53. The average Bonchev–Trinajstić information content (AvgIpc) is 2.13. The summed E-state index contributed by atoms with van der Waals surface area (Å²) in [5.74, 6) is 0.635. The zero-order valence-electron chi connectivity index (χ0n) is 6.06. The Morgan fingerprint density at radius 2 is 2.22 bits per heavy atom. The van der Waals surface area contributed by atoms with Gasteiger partial charge < -0.3 is 0 Å². The standard InChI is InChI=1S/C8H11S/c1-6(2)8-5-9-4-7(8)3/h4,6H,1-3H3. The predicted molar refractivity (Wildman–Crippen MR) is 42.0 cm³/mol. The molecule has 0 bridgehead atoms. The minimum atomic E-state index is 0.635. The smallest absolute Gasteiger partial charge is 0.0482 e. The maximum absolute atomic E-state index is 3.25. The van der Waals surface area contributed by atoms with Crippen LogP contribution >= 0.6 is 11.3 Å². The van der Waals surface area contributed by atoms with Gasteiger partial charge in [-0.2, -0.15) is 0 Å². The van der Waals surface area contributed by atoms with Crippen molar-refractivity contribution in [2.45, 2.75) is 26.7 Å². The molecule has 1 aromatic rings. The molecule has 1 rings (SSSR count). The van der Waals surface area contributed by atoms with E-state index >= 15 is 0 Å². The number of aryl methyl sites for hydroxylation is 1. The zero-order valence-corrected chi connectivity index (χ0v) is 6.88. The molecule has 0 aliphatic heterocycles. The number of rotatable bonds is 1. The highest BCUT2D eigenvalue weighted by atomic mass is 32.1. The summed E-state index contributed by atoms with van der Waals surface area (Å²) in [6.45, 7) is 6.54. The fourth-order valence-corrected chi connectivity index (χ4v) is 1.78. The van der Waals surface area contributed by atoms with Crippen molar-refractivity contribution in [3.05, 3.63) is 21.9 Å². The van der Waals surface area contributed by atoms with Crippen molar-refractivity contribution in [2.24, 2.45) is 0 Å². The maximum atomic E-state index is 3.25. The molecular weight excluding hydrogens is 128 g/mol. The van der Waals surface area contributed by atoms with Gasteiger partial charge in [-0.25, -0.2) is 0 Å². The first-order valence-electron chi connectivity index (χ1n) is 3.17. The number of hydrogen-bond donors (Lipinski definition) is 0. The topological polar surface area (TPSA) is 0 Å². The molecule has 0 amide bonds. The molecule has 0 saturated heterocycles. The van der Waals surface area contributed by atoms with E-state index in [0.717, 1.165) is 0 Å². The molecule has 0 aromatic carbocycles. The van der Waals surface area contributed by atoms with E-state index in [1.807, 2.05) is 0 Å². The van der Waals surface area contributed by atoms with E-state index in [0.29, 0.717) is 5.92 Å². The first-order valence-corrected chi connectivity index (χ1v) is 4.05. The lowest BCUT2D eigenvalue weighted by molar-refractivity contribution is 0.862. The Kier molecular flexibility index (Phi) is 1.91. The molecule has 9 heavy (non-hydrogen) atoms. The number of thiophene rings is 1. The predicted octanol–water partition coefficient (Wildman–Crippen LogP) is 2.98. The van der Waals surface area contributed by atoms with E-state index in [2.05, 4.69) is 31.5 Å². The van der Waals surface area contributed by atoms with Crippen LogP contribution in [0.15, 0.2) is 5.38 Å². The van der Waals surface area contributed by atoms with Gasteiger partial charge in [-0.1, -0.05) is 13.8 Å². The van der Waals surface area contributed by atoms with E-state index < -0.39 is 0 Å². The van der Waals surface area contributed by atoms with Gasteiger partial charge in [0.15, 0.2) is 0 Å². The molecule has 49 valence electrons. The molecule has 0 aliphatic carbocycles. The van der Waals surface area contributed by atoms with Crippen LogP contribution < -0.4 is 0 Å². The second-order valence-electron chi connectivity index (χ2n) is 2.59. The van der Waals surface area contributed by atoms with Crippen LogP contribution in [0.2, 0.25) is 0 Å². The van der Waals surface area contributed by atoms with Crippen molar-refractivity contribution >= 4 is 11.3 Å². The minimum Gasteiger partial charge on any atom is -0.142 e. The van der Waals surface area contributed by atoms with Crippen LogP contribution in [0.3, 0.4) is 0 Å². The Morgan fingerprint density at radius 3 is 2.44 bits per heavy atom. The fourth-order valence-electron chi connectivity index (χ4n) is 0.899. The van der Waals surface area contributed by atoms with Gasteiger partial charge in [0.2, 0.25) is 0 Å². The van der Waals surface area contributed by atoms with E-state index in [4.69, 9.17) is 0 Å². The van der Waals surface area contributed by atoms with Crippen LogP contribution in [0.5, 0.6) is 0 Å². The molecule has 0 saturated carbocycles. The van der Waals surface area contributed by atoms with E-state index in [1.165, 1.54) is 11.1 Å². The van der Waals surface area contributed by atoms with Crippen LogP contribution in [-0.2, 0) is 0 Å². The maximum Gasteiger partial charge on any atom is 0.0482 e. The van der Waals surface area contributed by atoms with Gasteiger partial charge in [0.1, 0.15) is 0 Å². The summed E-state index contributed by atoms with van der Waals surface area (Å²) in [7, 11) is 0. The lowest BCUT2D eigenvalue weighted by Gasteiger charge is -2.00. The Hall–Kier alpha value is -0.300. The van der Waals surface area contributed by atoms with Crippen LogP contribution in [0, 0.1) is 12.3 Å². The summed E-state index contributed by atoms with van der Waals surface area (Å²) in [4.78, 5) is 0. The SMILES string of the molecule is Cc1cs[c]c1C(C)C. The summed E-state index contributed by atoms with van der Waals surface area (Å²) >= 11 is 1.67. The van der Waals surface area contributed by atoms with Crippen molar-refractivity contribution < 1.29 is 0 Å². The second-order valence-corrected chi connectivity index (χ2v) is 3.26. The zero-order chi connectivity index (χ0) is 6.85. The first-order chi connectivity index (χ1) is 4.22. The van der Waals surface area contributed by atoms with Gasteiger partial charge in [0.25, 0.3) is 0 Å². The summed E-state index contributed by atoms with van der Waals surface area (Å²) in [5.41, 5.74) is 2.76. The molecule has 1 aromatic heterocycles. The monoisotopic (exact) mass is 139 g/mol. The summed E-state index contributed by atoms with van der Waals surface area (Å²) < 4.78 is 0.